The summed E-state index contributed by atoms with van der Waals surface area (Å²) in [5.74, 6) is 0.193. The van der Waals surface area contributed by atoms with Crippen molar-refractivity contribution in [2.45, 2.75) is 26.4 Å². The van der Waals surface area contributed by atoms with Crippen LogP contribution in [0.4, 0.5) is 10.6 Å². The van der Waals surface area contributed by atoms with E-state index in [1.807, 2.05) is 45.2 Å². The molecule has 158 valence electrons. The van der Waals surface area contributed by atoms with Crippen molar-refractivity contribution < 1.29 is 14.3 Å². The Kier molecular flexibility index (Phi) is 5.91. The first kappa shape index (κ1) is 21.1. The van der Waals surface area contributed by atoms with Crippen LogP contribution in [0, 0.1) is 0 Å². The third kappa shape index (κ3) is 5.05. The van der Waals surface area contributed by atoms with Gasteiger partial charge in [-0.3, -0.25) is 4.79 Å². The van der Waals surface area contributed by atoms with Crippen LogP contribution >= 0.6 is 0 Å². The molecule has 0 saturated heterocycles. The number of nitrogens with two attached hydrogens (primary N) is 1. The number of benzene rings is 1. The van der Waals surface area contributed by atoms with Crippen molar-refractivity contribution in [1.82, 2.24) is 19.5 Å². The summed E-state index contributed by atoms with van der Waals surface area (Å²) in [4.78, 5) is 29.4. The molecule has 2 heterocycles. The fourth-order valence-electron chi connectivity index (χ4n) is 2.77. The minimum absolute atomic E-state index is 0.370. The zero-order valence-corrected chi connectivity index (χ0v) is 17.5. The number of carbonyl (C=O) groups is 2. The molecule has 0 aliphatic heterocycles. The smallest absolute Gasteiger partial charge is 0.410 e. The Hall–Kier alpha value is -3.62. The highest BCUT2D eigenvalue weighted by Crippen LogP contribution is 2.24. The van der Waals surface area contributed by atoms with E-state index in [-0.39, 0.29) is 6.09 Å². The molecular formula is C21H26N6O3. The summed E-state index contributed by atoms with van der Waals surface area (Å²) in [5, 5.41) is 7.54. The second-order valence-corrected chi connectivity index (χ2v) is 7.91. The van der Waals surface area contributed by atoms with Crippen molar-refractivity contribution in [2.24, 2.45) is 5.73 Å². The maximum Gasteiger partial charge on any atom is 0.410 e. The summed E-state index contributed by atoms with van der Waals surface area (Å²) < 4.78 is 7.02. The van der Waals surface area contributed by atoms with E-state index in [9.17, 15) is 9.59 Å². The Labute approximate surface area is 174 Å². The molecule has 0 atom stereocenters. The van der Waals surface area contributed by atoms with Gasteiger partial charge in [-0.2, -0.15) is 5.10 Å². The second kappa shape index (κ2) is 8.40. The number of hydrogen-bond donors (Lipinski definition) is 2. The maximum atomic E-state index is 12.0. The Bertz CT molecular complexity index is 1050. The van der Waals surface area contributed by atoms with Crippen LogP contribution < -0.4 is 11.1 Å². The van der Waals surface area contributed by atoms with Crippen molar-refractivity contribution in [3.05, 3.63) is 48.3 Å². The van der Waals surface area contributed by atoms with Crippen molar-refractivity contribution in [2.75, 3.05) is 25.5 Å². The highest BCUT2D eigenvalue weighted by Gasteiger charge is 2.19. The van der Waals surface area contributed by atoms with Gasteiger partial charge in [0, 0.05) is 37.5 Å². The molecular weight excluding hydrogens is 384 g/mol. The van der Waals surface area contributed by atoms with Crippen LogP contribution in [0.2, 0.25) is 0 Å². The standard InChI is InChI=1S/C21H26N6O3/c1-21(2,3)30-20(29)26(4)12-10-23-17-9-11-27-19(25-17)16(13-24-27)14-5-7-15(8-6-14)18(22)28/h5-9,11,13H,10,12H2,1-4H3,(H2,22,28)(H,23,25). The molecule has 9 heteroatoms. The lowest BCUT2D eigenvalue weighted by Crippen LogP contribution is -2.36. The molecule has 0 aliphatic rings. The van der Waals surface area contributed by atoms with Crippen molar-refractivity contribution in [3.63, 3.8) is 0 Å². The van der Waals surface area contributed by atoms with Gasteiger partial charge < -0.3 is 20.7 Å². The molecule has 0 spiro atoms. The SMILES string of the molecule is CN(CCNc1ccn2ncc(-c3ccc(C(N)=O)cc3)c2n1)C(=O)OC(C)(C)C. The van der Waals surface area contributed by atoms with Gasteiger partial charge in [0.1, 0.15) is 11.4 Å². The van der Waals surface area contributed by atoms with E-state index in [0.717, 1.165) is 11.1 Å². The maximum absolute atomic E-state index is 12.0. The first-order chi connectivity index (χ1) is 14.1. The first-order valence-electron chi connectivity index (χ1n) is 9.57. The Balaban J connectivity index is 1.69. The second-order valence-electron chi connectivity index (χ2n) is 7.91. The molecule has 0 saturated carbocycles. The van der Waals surface area contributed by atoms with Crippen LogP contribution in [-0.2, 0) is 4.74 Å². The molecule has 3 aromatic rings. The number of anilines is 1. The molecule has 0 aliphatic carbocycles. The van der Waals surface area contributed by atoms with Gasteiger partial charge in [0.2, 0.25) is 5.91 Å². The van der Waals surface area contributed by atoms with Gasteiger partial charge in [-0.15, -0.1) is 0 Å². The largest absolute Gasteiger partial charge is 0.444 e. The normalized spacial score (nSPS) is 11.3. The highest BCUT2D eigenvalue weighted by molar-refractivity contribution is 5.93. The molecule has 0 bridgehead atoms. The molecule has 3 N–H and O–H groups in total. The van der Waals surface area contributed by atoms with Crippen molar-refractivity contribution in [3.8, 4) is 11.1 Å². The summed E-state index contributed by atoms with van der Waals surface area (Å²) in [6, 6.07) is 8.79. The average molecular weight is 410 g/mol. The quantitative estimate of drug-likeness (QED) is 0.646. The minimum atomic E-state index is -0.528. The fraction of sp³-hybridized carbons (Fsp3) is 0.333. The van der Waals surface area contributed by atoms with Crippen LogP contribution in [0.15, 0.2) is 42.7 Å². The molecule has 0 radical (unpaired) electrons. The zero-order valence-electron chi connectivity index (χ0n) is 17.5. The number of rotatable bonds is 6. The third-order valence-electron chi connectivity index (χ3n) is 4.31. The highest BCUT2D eigenvalue weighted by atomic mass is 16.6. The lowest BCUT2D eigenvalue weighted by Gasteiger charge is -2.24. The third-order valence-corrected chi connectivity index (χ3v) is 4.31. The molecule has 2 aromatic heterocycles. The van der Waals surface area contributed by atoms with Crippen LogP contribution in [0.5, 0.6) is 0 Å². The predicted molar refractivity (Wildman–Crippen MR) is 114 cm³/mol. The first-order valence-corrected chi connectivity index (χ1v) is 9.57. The lowest BCUT2D eigenvalue weighted by molar-refractivity contribution is 0.0305. The number of carbonyl (C=O) groups excluding carboxylic acids is 2. The monoisotopic (exact) mass is 410 g/mol. The van der Waals surface area contributed by atoms with Crippen LogP contribution in [0.25, 0.3) is 16.8 Å². The Morgan fingerprint density at radius 1 is 1.20 bits per heavy atom. The van der Waals surface area contributed by atoms with Crippen LogP contribution in [0.3, 0.4) is 0 Å². The van der Waals surface area contributed by atoms with E-state index >= 15 is 0 Å². The number of aromatic nitrogens is 3. The van der Waals surface area contributed by atoms with E-state index in [1.165, 1.54) is 4.90 Å². The molecule has 2 amide bonds. The number of fused-ring (bicyclic) bond motifs is 1. The molecule has 0 unspecified atom stereocenters. The van der Waals surface area contributed by atoms with Gasteiger partial charge in [-0.1, -0.05) is 12.1 Å². The fourth-order valence-corrected chi connectivity index (χ4v) is 2.77. The summed E-state index contributed by atoms with van der Waals surface area (Å²) in [6.45, 7) is 6.47. The van der Waals surface area contributed by atoms with Gasteiger partial charge in [0.15, 0.2) is 5.65 Å². The van der Waals surface area contributed by atoms with E-state index in [2.05, 4.69) is 15.4 Å². The van der Waals surface area contributed by atoms with Gasteiger partial charge >= 0.3 is 6.09 Å². The zero-order chi connectivity index (χ0) is 21.9. The number of nitrogens with zero attached hydrogens (tertiary/aromatic N) is 4. The number of likely N-dealkylation sites (N-methyl/N-ethyl adjacent to an activating group) is 1. The summed E-state index contributed by atoms with van der Waals surface area (Å²) in [7, 11) is 1.69. The van der Waals surface area contributed by atoms with E-state index < -0.39 is 11.5 Å². The lowest BCUT2D eigenvalue weighted by atomic mass is 10.1. The van der Waals surface area contributed by atoms with Gasteiger partial charge in [-0.25, -0.2) is 14.3 Å². The summed E-state index contributed by atoms with van der Waals surface area (Å²) in [6.07, 6.45) is 3.16. The number of primary amides is 1. The van der Waals surface area contributed by atoms with Crippen molar-refractivity contribution >= 4 is 23.5 Å². The summed E-state index contributed by atoms with van der Waals surface area (Å²) in [5.41, 5.74) is 7.60. The number of ether oxygens (including phenoxy) is 1. The number of nitrogens with one attached hydrogen (secondary N) is 1. The summed E-state index contributed by atoms with van der Waals surface area (Å²) >= 11 is 0. The Morgan fingerprint density at radius 3 is 2.53 bits per heavy atom. The minimum Gasteiger partial charge on any atom is -0.444 e. The van der Waals surface area contributed by atoms with Gasteiger partial charge in [0.05, 0.1) is 6.20 Å². The van der Waals surface area contributed by atoms with E-state index in [1.54, 1.807) is 29.9 Å². The van der Waals surface area contributed by atoms with E-state index in [4.69, 9.17) is 10.5 Å². The van der Waals surface area contributed by atoms with Crippen molar-refractivity contribution in [1.29, 1.82) is 0 Å². The van der Waals surface area contributed by atoms with Crippen LogP contribution in [-0.4, -0.2) is 57.2 Å². The molecule has 0 fully saturated rings. The van der Waals surface area contributed by atoms with Gasteiger partial charge in [-0.05, 0) is 44.5 Å². The molecule has 9 nitrogen and oxygen atoms in total. The van der Waals surface area contributed by atoms with E-state index in [0.29, 0.717) is 30.1 Å². The molecule has 1 aromatic carbocycles. The predicted octanol–water partition coefficient (Wildman–Crippen LogP) is 2.77. The average Bonchev–Trinajstić information content (AvgIpc) is 3.10. The molecule has 3 rings (SSSR count). The molecule has 30 heavy (non-hydrogen) atoms. The Morgan fingerprint density at radius 2 is 1.90 bits per heavy atom. The topological polar surface area (TPSA) is 115 Å². The van der Waals surface area contributed by atoms with Crippen LogP contribution in [0.1, 0.15) is 31.1 Å². The van der Waals surface area contributed by atoms with Gasteiger partial charge in [0.25, 0.3) is 0 Å². The number of hydrogen-bond acceptors (Lipinski definition) is 6. The number of amides is 2.